The third kappa shape index (κ3) is 5.80. The maximum atomic E-state index is 13.4. The van der Waals surface area contributed by atoms with Crippen LogP contribution in [0.1, 0.15) is 49.8 Å². The van der Waals surface area contributed by atoms with Crippen LogP contribution in [-0.2, 0) is 32.8 Å². The average molecular weight is 486 g/mol. The number of benzene rings is 2. The molecule has 1 heterocycles. The van der Waals surface area contributed by atoms with Gasteiger partial charge in [-0.15, -0.1) is 12.4 Å². The summed E-state index contributed by atoms with van der Waals surface area (Å²) in [5.74, 6) is -0.454. The highest BCUT2D eigenvalue weighted by molar-refractivity contribution is 5.91. The lowest BCUT2D eigenvalue weighted by molar-refractivity contribution is -0.140. The van der Waals surface area contributed by atoms with Gasteiger partial charge in [0.15, 0.2) is 0 Å². The molecular weight excluding hydrogens is 450 g/mol. The number of nitrogens with two attached hydrogens (primary N) is 1. The van der Waals surface area contributed by atoms with Crippen molar-refractivity contribution in [3.05, 3.63) is 71.3 Å². The van der Waals surface area contributed by atoms with Gasteiger partial charge in [-0.05, 0) is 61.6 Å². The first-order valence-corrected chi connectivity index (χ1v) is 11.9. The number of piperidine rings is 1. The van der Waals surface area contributed by atoms with Gasteiger partial charge >= 0.3 is 0 Å². The summed E-state index contributed by atoms with van der Waals surface area (Å²) in [5.41, 5.74) is 9.00. The van der Waals surface area contributed by atoms with E-state index in [2.05, 4.69) is 29.6 Å². The predicted octanol–water partition coefficient (Wildman–Crippen LogP) is 3.35. The van der Waals surface area contributed by atoms with E-state index in [1.807, 2.05) is 35.2 Å². The third-order valence-electron chi connectivity index (χ3n) is 7.08. The smallest absolute Gasteiger partial charge is 0.247 e. The lowest BCUT2D eigenvalue weighted by atomic mass is 9.74. The Bertz CT molecular complexity index is 982. The van der Waals surface area contributed by atoms with Crippen LogP contribution in [0.5, 0.6) is 0 Å². The van der Waals surface area contributed by atoms with E-state index in [1.165, 1.54) is 11.1 Å². The minimum atomic E-state index is -1.07. The standard InChI is InChI=1S/C27H35N3O3.ClH/c1-26(2,28)25(32)29-23(19-33-18-20-8-4-3-5-9-20)24(31)30-16-14-27(15-17-30)13-12-21-10-6-7-11-22(21)27;/h3-11,23H,12-19,28H2,1-2H3,(H,29,32);1H/t23-;/m1./s1. The van der Waals surface area contributed by atoms with Crippen molar-refractivity contribution >= 4 is 24.2 Å². The summed E-state index contributed by atoms with van der Waals surface area (Å²) in [4.78, 5) is 27.9. The fourth-order valence-electron chi connectivity index (χ4n) is 5.05. The molecule has 184 valence electrons. The summed E-state index contributed by atoms with van der Waals surface area (Å²) in [6.45, 7) is 5.13. The molecule has 3 N–H and O–H groups in total. The van der Waals surface area contributed by atoms with Crippen molar-refractivity contribution in [2.24, 2.45) is 5.73 Å². The van der Waals surface area contributed by atoms with Gasteiger partial charge in [-0.1, -0.05) is 54.6 Å². The second-order valence-corrected chi connectivity index (χ2v) is 10.0. The molecular formula is C27H36ClN3O3. The maximum Gasteiger partial charge on any atom is 0.247 e. The zero-order chi connectivity index (χ0) is 23.5. The summed E-state index contributed by atoms with van der Waals surface area (Å²) in [6, 6.07) is 17.8. The zero-order valence-corrected chi connectivity index (χ0v) is 20.9. The highest BCUT2D eigenvalue weighted by Gasteiger charge is 2.42. The number of aryl methyl sites for hydroxylation is 1. The molecule has 34 heavy (non-hydrogen) atoms. The van der Waals surface area contributed by atoms with Crippen LogP contribution in [0.15, 0.2) is 54.6 Å². The van der Waals surface area contributed by atoms with Gasteiger partial charge in [0.25, 0.3) is 0 Å². The van der Waals surface area contributed by atoms with Crippen molar-refractivity contribution in [2.45, 2.75) is 63.1 Å². The third-order valence-corrected chi connectivity index (χ3v) is 7.08. The lowest BCUT2D eigenvalue weighted by Gasteiger charge is -2.41. The quantitative estimate of drug-likeness (QED) is 0.629. The number of nitrogens with zero attached hydrogens (tertiary/aromatic N) is 1. The Labute approximate surface area is 208 Å². The highest BCUT2D eigenvalue weighted by atomic mass is 35.5. The number of hydrogen-bond acceptors (Lipinski definition) is 4. The largest absolute Gasteiger partial charge is 0.374 e. The van der Waals surface area contributed by atoms with Crippen LogP contribution < -0.4 is 11.1 Å². The van der Waals surface area contributed by atoms with E-state index in [-0.39, 0.29) is 36.2 Å². The summed E-state index contributed by atoms with van der Waals surface area (Å²) in [6.07, 6.45) is 4.16. The summed E-state index contributed by atoms with van der Waals surface area (Å²) in [5, 5.41) is 2.84. The molecule has 0 bridgehead atoms. The Hall–Kier alpha value is -2.41. The molecule has 1 spiro atoms. The second kappa shape index (κ2) is 10.9. The molecule has 1 fully saturated rings. The van der Waals surface area contributed by atoms with Crippen molar-refractivity contribution in [2.75, 3.05) is 19.7 Å². The van der Waals surface area contributed by atoms with Crippen LogP contribution >= 0.6 is 12.4 Å². The van der Waals surface area contributed by atoms with Gasteiger partial charge in [0, 0.05) is 13.1 Å². The number of ether oxygens (including phenoxy) is 1. The molecule has 0 unspecified atom stereocenters. The van der Waals surface area contributed by atoms with Gasteiger partial charge in [0.2, 0.25) is 11.8 Å². The van der Waals surface area contributed by atoms with Crippen LogP contribution in [0.3, 0.4) is 0 Å². The summed E-state index contributed by atoms with van der Waals surface area (Å²) in [7, 11) is 0. The van der Waals surface area contributed by atoms with Crippen LogP contribution in [0.25, 0.3) is 0 Å². The van der Waals surface area contributed by atoms with Crippen LogP contribution in [-0.4, -0.2) is 48.0 Å². The van der Waals surface area contributed by atoms with E-state index in [1.54, 1.807) is 13.8 Å². The molecule has 0 radical (unpaired) electrons. The number of nitrogens with one attached hydrogen (secondary N) is 1. The van der Waals surface area contributed by atoms with Crippen LogP contribution in [0.2, 0.25) is 0 Å². The number of rotatable bonds is 7. The van der Waals surface area contributed by atoms with Crippen molar-refractivity contribution in [3.63, 3.8) is 0 Å². The molecule has 1 aliphatic carbocycles. The number of carbonyl (C=O) groups is 2. The van der Waals surface area contributed by atoms with E-state index in [4.69, 9.17) is 10.5 Å². The molecule has 1 saturated heterocycles. The lowest BCUT2D eigenvalue weighted by Crippen LogP contribution is -2.59. The fraction of sp³-hybridized carbons (Fsp3) is 0.481. The molecule has 2 amide bonds. The topological polar surface area (TPSA) is 84.7 Å². The number of likely N-dealkylation sites (tertiary alicyclic amines) is 1. The number of carbonyl (C=O) groups excluding carboxylic acids is 2. The molecule has 6 nitrogen and oxygen atoms in total. The first-order valence-electron chi connectivity index (χ1n) is 11.9. The molecule has 2 aromatic rings. The summed E-state index contributed by atoms with van der Waals surface area (Å²) < 4.78 is 5.84. The molecule has 0 aromatic heterocycles. The molecule has 1 atom stereocenters. The first kappa shape index (κ1) is 26.2. The van der Waals surface area contributed by atoms with E-state index >= 15 is 0 Å². The van der Waals surface area contributed by atoms with Gasteiger partial charge in [-0.25, -0.2) is 0 Å². The van der Waals surface area contributed by atoms with E-state index < -0.39 is 11.6 Å². The van der Waals surface area contributed by atoms with Crippen LogP contribution in [0, 0.1) is 0 Å². The number of amides is 2. The van der Waals surface area contributed by atoms with Crippen molar-refractivity contribution < 1.29 is 14.3 Å². The Morgan fingerprint density at radius 1 is 1.06 bits per heavy atom. The number of fused-ring (bicyclic) bond motifs is 2. The van der Waals surface area contributed by atoms with Crippen molar-refractivity contribution in [1.29, 1.82) is 0 Å². The van der Waals surface area contributed by atoms with E-state index in [0.717, 1.165) is 31.2 Å². The van der Waals surface area contributed by atoms with Gasteiger partial charge in [0.1, 0.15) is 6.04 Å². The van der Waals surface area contributed by atoms with Gasteiger partial charge in [-0.2, -0.15) is 0 Å². The molecule has 1 aliphatic heterocycles. The van der Waals surface area contributed by atoms with E-state index in [0.29, 0.717) is 19.7 Å². The second-order valence-electron chi connectivity index (χ2n) is 10.0. The SMILES string of the molecule is CC(C)(N)C(=O)N[C@H](COCc1ccccc1)C(=O)N1CCC2(CCc3ccccc32)CC1.Cl. The molecule has 2 aromatic carbocycles. The fourth-order valence-corrected chi connectivity index (χ4v) is 5.05. The monoisotopic (exact) mass is 485 g/mol. The maximum absolute atomic E-state index is 13.4. The Morgan fingerprint density at radius 3 is 2.38 bits per heavy atom. The minimum absolute atomic E-state index is 0. The van der Waals surface area contributed by atoms with Gasteiger partial charge in [-0.3, -0.25) is 9.59 Å². The Balaban J connectivity index is 0.00000324. The molecule has 4 rings (SSSR count). The summed E-state index contributed by atoms with van der Waals surface area (Å²) >= 11 is 0. The highest BCUT2D eigenvalue weighted by Crippen LogP contribution is 2.46. The van der Waals surface area contributed by atoms with Gasteiger partial charge in [0.05, 0.1) is 18.8 Å². The molecule has 2 aliphatic rings. The minimum Gasteiger partial charge on any atom is -0.374 e. The van der Waals surface area contributed by atoms with Crippen LogP contribution in [0.4, 0.5) is 0 Å². The first-order chi connectivity index (χ1) is 15.8. The zero-order valence-electron chi connectivity index (χ0n) is 20.1. The van der Waals surface area contributed by atoms with Crippen molar-refractivity contribution in [1.82, 2.24) is 10.2 Å². The Kier molecular flexibility index (Phi) is 8.39. The Morgan fingerprint density at radius 2 is 1.71 bits per heavy atom. The normalized spacial score (nSPS) is 17.6. The predicted molar refractivity (Wildman–Crippen MR) is 136 cm³/mol. The average Bonchev–Trinajstić information content (AvgIpc) is 3.16. The van der Waals surface area contributed by atoms with E-state index in [9.17, 15) is 9.59 Å². The van der Waals surface area contributed by atoms with Crippen molar-refractivity contribution in [3.8, 4) is 0 Å². The molecule has 7 heteroatoms. The molecule has 0 saturated carbocycles. The number of halogens is 1. The van der Waals surface area contributed by atoms with Gasteiger partial charge < -0.3 is 20.7 Å². The number of hydrogen-bond donors (Lipinski definition) is 2.